The topological polar surface area (TPSA) is 21.6 Å². The molecule has 5 heteroatoms. The zero-order chi connectivity index (χ0) is 15.3. The van der Waals surface area contributed by atoms with Crippen LogP contribution in [0.3, 0.4) is 0 Å². The van der Waals surface area contributed by atoms with Crippen molar-refractivity contribution in [3.8, 4) is 0 Å². The highest BCUT2D eigenvalue weighted by atomic mass is 19.4. The van der Waals surface area contributed by atoms with Crippen LogP contribution in [-0.4, -0.2) is 6.21 Å². The number of nitrogens with zero attached hydrogens (tertiary/aromatic N) is 1. The number of alkyl halides is 3. The first kappa shape index (κ1) is 15.1. The number of aryl methyl sites for hydroxylation is 1. The molecule has 0 radical (unpaired) electrons. The van der Waals surface area contributed by atoms with Crippen LogP contribution in [0.25, 0.3) is 0 Å². The molecule has 0 N–H and O–H groups in total. The molecular weight excluding hydrogens is 279 g/mol. The molecular formula is C16H14F3NO. The van der Waals surface area contributed by atoms with Gasteiger partial charge in [-0.25, -0.2) is 0 Å². The number of oxime groups is 1. The lowest BCUT2D eigenvalue weighted by Gasteiger charge is -2.09. The quantitative estimate of drug-likeness (QED) is 0.598. The van der Waals surface area contributed by atoms with Gasteiger partial charge < -0.3 is 4.84 Å². The van der Waals surface area contributed by atoms with Crippen molar-refractivity contribution < 1.29 is 18.0 Å². The van der Waals surface area contributed by atoms with Crippen molar-refractivity contribution in [3.63, 3.8) is 0 Å². The summed E-state index contributed by atoms with van der Waals surface area (Å²) < 4.78 is 38.3. The predicted octanol–water partition coefficient (Wildman–Crippen LogP) is 4.56. The molecule has 2 nitrogen and oxygen atoms in total. The summed E-state index contributed by atoms with van der Waals surface area (Å²) in [6.45, 7) is 2.17. The molecule has 0 saturated heterocycles. The molecule has 0 saturated carbocycles. The maximum Gasteiger partial charge on any atom is 0.417 e. The fourth-order valence-corrected chi connectivity index (χ4v) is 1.88. The van der Waals surface area contributed by atoms with E-state index in [4.69, 9.17) is 4.84 Å². The average molecular weight is 293 g/mol. The second-order valence-corrected chi connectivity index (χ2v) is 4.58. The van der Waals surface area contributed by atoms with E-state index in [0.717, 1.165) is 23.4 Å². The number of hydrogen-bond donors (Lipinski definition) is 0. The number of halogens is 3. The minimum Gasteiger partial charge on any atom is -0.391 e. The lowest BCUT2D eigenvalue weighted by molar-refractivity contribution is -0.137. The lowest BCUT2D eigenvalue weighted by atomic mass is 10.1. The van der Waals surface area contributed by atoms with E-state index in [9.17, 15) is 13.2 Å². The molecule has 0 fully saturated rings. The Bertz CT molecular complexity index is 635. The van der Waals surface area contributed by atoms with E-state index in [0.29, 0.717) is 0 Å². The summed E-state index contributed by atoms with van der Waals surface area (Å²) in [6.07, 6.45) is -3.32. The maximum absolute atomic E-state index is 12.8. The normalized spacial score (nSPS) is 11.8. The van der Waals surface area contributed by atoms with E-state index in [-0.39, 0.29) is 12.2 Å². The van der Waals surface area contributed by atoms with Gasteiger partial charge in [0.15, 0.2) is 0 Å². The fourth-order valence-electron chi connectivity index (χ4n) is 1.88. The van der Waals surface area contributed by atoms with Crippen LogP contribution in [0.1, 0.15) is 22.3 Å². The van der Waals surface area contributed by atoms with Gasteiger partial charge in [-0.15, -0.1) is 0 Å². The highest BCUT2D eigenvalue weighted by Crippen LogP contribution is 2.31. The second-order valence-electron chi connectivity index (χ2n) is 4.58. The van der Waals surface area contributed by atoms with Gasteiger partial charge in [-0.1, -0.05) is 53.2 Å². The molecule has 0 spiro atoms. The number of benzene rings is 2. The third-order valence-electron chi connectivity index (χ3n) is 2.85. The number of hydrogen-bond acceptors (Lipinski definition) is 2. The van der Waals surface area contributed by atoms with Gasteiger partial charge in [-0.2, -0.15) is 13.2 Å². The molecule has 0 atom stereocenters. The second kappa shape index (κ2) is 6.43. The largest absolute Gasteiger partial charge is 0.417 e. The highest BCUT2D eigenvalue weighted by Gasteiger charge is 2.32. The molecule has 2 aromatic rings. The van der Waals surface area contributed by atoms with Crippen molar-refractivity contribution >= 4 is 6.21 Å². The standard InChI is InChI=1S/C16H14F3NO/c1-12-5-4-6-13(9-12)11-21-20-10-14-7-2-3-8-15(14)16(17,18)19/h2-10H,11H2,1H3. The van der Waals surface area contributed by atoms with E-state index in [1.54, 1.807) is 0 Å². The molecule has 2 rings (SSSR count). The van der Waals surface area contributed by atoms with Crippen LogP contribution in [0.4, 0.5) is 13.2 Å². The predicted molar refractivity (Wildman–Crippen MR) is 75.0 cm³/mol. The van der Waals surface area contributed by atoms with Crippen molar-refractivity contribution in [3.05, 3.63) is 70.8 Å². The van der Waals surface area contributed by atoms with Crippen LogP contribution in [0.15, 0.2) is 53.7 Å². The Labute approximate surface area is 120 Å². The maximum atomic E-state index is 12.8. The average Bonchev–Trinajstić information content (AvgIpc) is 2.43. The summed E-state index contributed by atoms with van der Waals surface area (Å²) in [5, 5.41) is 3.62. The summed E-state index contributed by atoms with van der Waals surface area (Å²) in [7, 11) is 0. The summed E-state index contributed by atoms with van der Waals surface area (Å²) >= 11 is 0. The third-order valence-corrected chi connectivity index (χ3v) is 2.85. The molecule has 0 bridgehead atoms. The molecule has 110 valence electrons. The van der Waals surface area contributed by atoms with Crippen LogP contribution in [0.5, 0.6) is 0 Å². The van der Waals surface area contributed by atoms with Crippen molar-refractivity contribution in [2.75, 3.05) is 0 Å². The highest BCUT2D eigenvalue weighted by molar-refractivity contribution is 5.81. The molecule has 0 amide bonds. The zero-order valence-electron chi connectivity index (χ0n) is 11.4. The van der Waals surface area contributed by atoms with Crippen molar-refractivity contribution in [1.29, 1.82) is 0 Å². The van der Waals surface area contributed by atoms with Gasteiger partial charge in [0.05, 0.1) is 11.8 Å². The Morgan fingerprint density at radius 1 is 1.10 bits per heavy atom. The first-order valence-electron chi connectivity index (χ1n) is 6.34. The summed E-state index contributed by atoms with van der Waals surface area (Å²) in [5.74, 6) is 0. The van der Waals surface area contributed by atoms with E-state index in [1.807, 2.05) is 31.2 Å². The van der Waals surface area contributed by atoms with Crippen molar-refractivity contribution in [2.45, 2.75) is 19.7 Å². The molecule has 0 unspecified atom stereocenters. The molecule has 0 aliphatic heterocycles. The SMILES string of the molecule is Cc1cccc(CON=Cc2ccccc2C(F)(F)F)c1. The van der Waals surface area contributed by atoms with Gasteiger partial charge in [0, 0.05) is 5.56 Å². The molecule has 21 heavy (non-hydrogen) atoms. The first-order chi connectivity index (χ1) is 9.97. The van der Waals surface area contributed by atoms with E-state index >= 15 is 0 Å². The van der Waals surface area contributed by atoms with E-state index in [2.05, 4.69) is 5.16 Å². The van der Waals surface area contributed by atoms with Crippen LogP contribution in [-0.2, 0) is 17.6 Å². The Morgan fingerprint density at radius 3 is 2.57 bits per heavy atom. The molecule has 0 aromatic heterocycles. The van der Waals surface area contributed by atoms with Crippen LogP contribution >= 0.6 is 0 Å². The number of rotatable bonds is 4. The van der Waals surface area contributed by atoms with Gasteiger partial charge in [-0.05, 0) is 18.6 Å². The van der Waals surface area contributed by atoms with Crippen LogP contribution < -0.4 is 0 Å². The van der Waals surface area contributed by atoms with Gasteiger partial charge in [0.1, 0.15) is 6.61 Å². The van der Waals surface area contributed by atoms with Crippen LogP contribution in [0, 0.1) is 6.92 Å². The van der Waals surface area contributed by atoms with Crippen LogP contribution in [0.2, 0.25) is 0 Å². The molecule has 2 aromatic carbocycles. The van der Waals surface area contributed by atoms with E-state index in [1.165, 1.54) is 18.2 Å². The van der Waals surface area contributed by atoms with Gasteiger partial charge in [0.25, 0.3) is 0 Å². The first-order valence-corrected chi connectivity index (χ1v) is 6.34. The molecule has 0 heterocycles. The Morgan fingerprint density at radius 2 is 1.86 bits per heavy atom. The van der Waals surface area contributed by atoms with Gasteiger partial charge in [0.2, 0.25) is 0 Å². The van der Waals surface area contributed by atoms with Crippen molar-refractivity contribution in [2.24, 2.45) is 5.16 Å². The molecule has 0 aliphatic carbocycles. The smallest absolute Gasteiger partial charge is 0.391 e. The van der Waals surface area contributed by atoms with Gasteiger partial charge >= 0.3 is 6.18 Å². The lowest BCUT2D eigenvalue weighted by Crippen LogP contribution is -2.08. The Balaban J connectivity index is 2.02. The van der Waals surface area contributed by atoms with Gasteiger partial charge in [-0.3, -0.25) is 0 Å². The summed E-state index contributed by atoms with van der Waals surface area (Å²) in [5.41, 5.74) is 1.25. The summed E-state index contributed by atoms with van der Waals surface area (Å²) in [4.78, 5) is 5.05. The summed E-state index contributed by atoms with van der Waals surface area (Å²) in [6, 6.07) is 12.9. The zero-order valence-corrected chi connectivity index (χ0v) is 11.4. The van der Waals surface area contributed by atoms with E-state index < -0.39 is 11.7 Å². The minimum absolute atomic E-state index is 0.0192. The monoisotopic (exact) mass is 293 g/mol. The minimum atomic E-state index is -4.40. The Hall–Kier alpha value is -2.30. The Kier molecular flexibility index (Phi) is 4.62. The fraction of sp³-hybridized carbons (Fsp3) is 0.188. The van der Waals surface area contributed by atoms with Crippen molar-refractivity contribution in [1.82, 2.24) is 0 Å². The molecule has 0 aliphatic rings. The third kappa shape index (κ3) is 4.34.